The second kappa shape index (κ2) is 8.35. The van der Waals surface area contributed by atoms with E-state index in [-0.39, 0.29) is 0 Å². The number of aryl methyl sites for hydroxylation is 1. The SMILES string of the molecule is CCCn1cccc1CNCCCN1CCOCC1. The highest BCUT2D eigenvalue weighted by Crippen LogP contribution is 2.03. The molecule has 0 unspecified atom stereocenters. The number of hydrogen-bond acceptors (Lipinski definition) is 3. The van der Waals surface area contributed by atoms with Crippen LogP contribution in [-0.2, 0) is 17.8 Å². The third-order valence-electron chi connectivity index (χ3n) is 3.63. The summed E-state index contributed by atoms with van der Waals surface area (Å²) >= 11 is 0. The Morgan fingerprint density at radius 1 is 1.26 bits per heavy atom. The zero-order chi connectivity index (χ0) is 13.3. The van der Waals surface area contributed by atoms with Gasteiger partial charge < -0.3 is 14.6 Å². The molecule has 0 aliphatic carbocycles. The van der Waals surface area contributed by atoms with E-state index in [1.165, 1.54) is 25.1 Å². The lowest BCUT2D eigenvalue weighted by molar-refractivity contribution is 0.0374. The molecule has 0 saturated carbocycles. The summed E-state index contributed by atoms with van der Waals surface area (Å²) in [6.45, 7) is 10.6. The Bertz CT molecular complexity index is 345. The fourth-order valence-electron chi connectivity index (χ4n) is 2.54. The van der Waals surface area contributed by atoms with Crippen LogP contribution in [0.25, 0.3) is 0 Å². The van der Waals surface area contributed by atoms with Crippen molar-refractivity contribution in [1.82, 2.24) is 14.8 Å². The third kappa shape index (κ3) is 4.97. The van der Waals surface area contributed by atoms with Crippen LogP contribution < -0.4 is 5.32 Å². The minimum Gasteiger partial charge on any atom is -0.379 e. The van der Waals surface area contributed by atoms with Crippen LogP contribution in [0.15, 0.2) is 18.3 Å². The molecule has 0 amide bonds. The van der Waals surface area contributed by atoms with Crippen molar-refractivity contribution < 1.29 is 4.74 Å². The standard InChI is InChI=1S/C15H27N3O/c1-2-7-18-9-3-5-15(18)14-16-6-4-8-17-10-12-19-13-11-17/h3,5,9,16H,2,4,6-8,10-14H2,1H3. The van der Waals surface area contributed by atoms with Crippen molar-refractivity contribution in [2.45, 2.75) is 32.9 Å². The Morgan fingerprint density at radius 2 is 2.11 bits per heavy atom. The molecular weight excluding hydrogens is 238 g/mol. The van der Waals surface area contributed by atoms with Crippen LogP contribution in [0, 0.1) is 0 Å². The average Bonchev–Trinajstić information content (AvgIpc) is 2.88. The smallest absolute Gasteiger partial charge is 0.0594 e. The molecule has 1 fully saturated rings. The number of ether oxygens (including phenoxy) is 1. The molecule has 0 spiro atoms. The number of nitrogens with zero attached hydrogens (tertiary/aromatic N) is 2. The molecule has 0 radical (unpaired) electrons. The Balaban J connectivity index is 1.57. The quantitative estimate of drug-likeness (QED) is 0.726. The Hall–Kier alpha value is -0.840. The molecule has 1 N–H and O–H groups in total. The predicted molar refractivity (Wildman–Crippen MR) is 78.3 cm³/mol. The van der Waals surface area contributed by atoms with Crippen molar-refractivity contribution >= 4 is 0 Å². The Morgan fingerprint density at radius 3 is 2.89 bits per heavy atom. The van der Waals surface area contributed by atoms with E-state index in [1.54, 1.807) is 0 Å². The first-order valence-electron chi connectivity index (χ1n) is 7.55. The van der Waals surface area contributed by atoms with Crippen molar-refractivity contribution in [2.75, 3.05) is 39.4 Å². The number of rotatable bonds is 8. The molecule has 0 atom stereocenters. The minimum absolute atomic E-state index is 0.901. The highest BCUT2D eigenvalue weighted by molar-refractivity contribution is 5.06. The van der Waals surface area contributed by atoms with Crippen LogP contribution >= 0.6 is 0 Å². The summed E-state index contributed by atoms with van der Waals surface area (Å²) in [4.78, 5) is 2.49. The average molecular weight is 265 g/mol. The van der Waals surface area contributed by atoms with Gasteiger partial charge in [0.2, 0.25) is 0 Å². The maximum absolute atomic E-state index is 5.35. The lowest BCUT2D eigenvalue weighted by atomic mass is 10.3. The normalized spacial score (nSPS) is 16.9. The van der Waals surface area contributed by atoms with Gasteiger partial charge in [0.05, 0.1) is 13.2 Å². The van der Waals surface area contributed by atoms with Crippen LogP contribution in [0.1, 0.15) is 25.5 Å². The monoisotopic (exact) mass is 265 g/mol. The molecule has 2 rings (SSSR count). The van der Waals surface area contributed by atoms with Gasteiger partial charge in [0, 0.05) is 38.1 Å². The van der Waals surface area contributed by atoms with Crippen LogP contribution in [0.2, 0.25) is 0 Å². The first-order chi connectivity index (χ1) is 9.40. The van der Waals surface area contributed by atoms with E-state index in [4.69, 9.17) is 4.74 Å². The zero-order valence-electron chi connectivity index (χ0n) is 12.1. The summed E-state index contributed by atoms with van der Waals surface area (Å²) in [6, 6.07) is 4.35. The van der Waals surface area contributed by atoms with E-state index in [1.807, 2.05) is 0 Å². The maximum Gasteiger partial charge on any atom is 0.0594 e. The van der Waals surface area contributed by atoms with Crippen LogP contribution in [0.4, 0.5) is 0 Å². The lowest BCUT2D eigenvalue weighted by Gasteiger charge is -2.26. The summed E-state index contributed by atoms with van der Waals surface area (Å²) in [7, 11) is 0. The highest BCUT2D eigenvalue weighted by atomic mass is 16.5. The van der Waals surface area contributed by atoms with Gasteiger partial charge in [0.1, 0.15) is 0 Å². The number of hydrogen-bond donors (Lipinski definition) is 1. The van der Waals surface area contributed by atoms with Crippen LogP contribution in [0.5, 0.6) is 0 Å². The molecule has 0 bridgehead atoms. The van der Waals surface area contributed by atoms with Gasteiger partial charge in [-0.1, -0.05) is 6.92 Å². The predicted octanol–water partition coefficient (Wildman–Crippen LogP) is 1.71. The topological polar surface area (TPSA) is 29.4 Å². The van der Waals surface area contributed by atoms with E-state index >= 15 is 0 Å². The van der Waals surface area contributed by atoms with Crippen molar-refractivity contribution in [3.05, 3.63) is 24.0 Å². The number of aromatic nitrogens is 1. The molecule has 1 aliphatic heterocycles. The third-order valence-corrected chi connectivity index (χ3v) is 3.63. The zero-order valence-corrected chi connectivity index (χ0v) is 12.1. The van der Waals surface area contributed by atoms with Crippen molar-refractivity contribution in [2.24, 2.45) is 0 Å². The van der Waals surface area contributed by atoms with Crippen molar-refractivity contribution in [3.8, 4) is 0 Å². The van der Waals surface area contributed by atoms with E-state index in [9.17, 15) is 0 Å². The van der Waals surface area contributed by atoms with Gasteiger partial charge in [0.25, 0.3) is 0 Å². The molecule has 2 heterocycles. The van der Waals surface area contributed by atoms with Crippen molar-refractivity contribution in [3.63, 3.8) is 0 Å². The van der Waals surface area contributed by atoms with E-state index in [0.717, 1.165) is 45.9 Å². The molecule has 1 aliphatic rings. The second-order valence-corrected chi connectivity index (χ2v) is 5.18. The van der Waals surface area contributed by atoms with Gasteiger partial charge in [-0.05, 0) is 38.1 Å². The Kier molecular flexibility index (Phi) is 6.41. The fourth-order valence-corrected chi connectivity index (χ4v) is 2.54. The molecule has 19 heavy (non-hydrogen) atoms. The molecule has 1 aromatic heterocycles. The van der Waals surface area contributed by atoms with Gasteiger partial charge in [-0.3, -0.25) is 4.90 Å². The maximum atomic E-state index is 5.35. The molecule has 1 saturated heterocycles. The number of morpholine rings is 1. The van der Waals surface area contributed by atoms with Gasteiger partial charge in [-0.25, -0.2) is 0 Å². The van der Waals surface area contributed by atoms with Gasteiger partial charge in [0.15, 0.2) is 0 Å². The fraction of sp³-hybridized carbons (Fsp3) is 0.733. The van der Waals surface area contributed by atoms with E-state index in [0.29, 0.717) is 0 Å². The minimum atomic E-state index is 0.901. The van der Waals surface area contributed by atoms with Crippen molar-refractivity contribution in [1.29, 1.82) is 0 Å². The lowest BCUT2D eigenvalue weighted by Crippen LogP contribution is -2.37. The summed E-state index contributed by atoms with van der Waals surface area (Å²) in [5.74, 6) is 0. The summed E-state index contributed by atoms with van der Waals surface area (Å²) in [6.07, 6.45) is 4.58. The summed E-state index contributed by atoms with van der Waals surface area (Å²) < 4.78 is 7.69. The van der Waals surface area contributed by atoms with Crippen LogP contribution in [0.3, 0.4) is 0 Å². The van der Waals surface area contributed by atoms with Gasteiger partial charge in [-0.15, -0.1) is 0 Å². The molecule has 108 valence electrons. The van der Waals surface area contributed by atoms with Crippen LogP contribution in [-0.4, -0.2) is 48.9 Å². The van der Waals surface area contributed by atoms with E-state index in [2.05, 4.69) is 40.0 Å². The first-order valence-corrected chi connectivity index (χ1v) is 7.55. The number of nitrogens with one attached hydrogen (secondary N) is 1. The highest BCUT2D eigenvalue weighted by Gasteiger charge is 2.08. The summed E-state index contributed by atoms with van der Waals surface area (Å²) in [5.41, 5.74) is 1.40. The molecule has 4 heteroatoms. The van der Waals surface area contributed by atoms with E-state index < -0.39 is 0 Å². The first kappa shape index (κ1) is 14.6. The molecule has 4 nitrogen and oxygen atoms in total. The van der Waals surface area contributed by atoms with Gasteiger partial charge >= 0.3 is 0 Å². The molecular formula is C15H27N3O. The largest absolute Gasteiger partial charge is 0.379 e. The summed E-state index contributed by atoms with van der Waals surface area (Å²) in [5, 5.41) is 3.55. The molecule has 1 aromatic rings. The molecule has 0 aromatic carbocycles. The second-order valence-electron chi connectivity index (χ2n) is 5.18. The Labute approximate surface area is 116 Å². The van der Waals surface area contributed by atoms with Gasteiger partial charge in [-0.2, -0.15) is 0 Å².